The molecule has 1 aliphatic heterocycles. The van der Waals surface area contributed by atoms with Crippen molar-refractivity contribution >= 4 is 6.09 Å². The van der Waals surface area contributed by atoms with Gasteiger partial charge in [0.25, 0.3) is 0 Å². The maximum Gasteiger partial charge on any atom is 0.410 e. The zero-order valence-electron chi connectivity index (χ0n) is 9.58. The Morgan fingerprint density at radius 3 is 2.53 bits per heavy atom. The Balaban J connectivity index is 1.93. The predicted octanol–water partition coefficient (Wildman–Crippen LogP) is 2.97. The van der Waals surface area contributed by atoms with E-state index < -0.39 is 0 Å². The molecule has 0 bridgehead atoms. The lowest BCUT2D eigenvalue weighted by molar-refractivity contribution is 0.110. The molecule has 0 unspecified atom stereocenters. The second kappa shape index (κ2) is 7.32. The van der Waals surface area contributed by atoms with Crippen LogP contribution in [0, 0.1) is 0 Å². The largest absolute Gasteiger partial charge is 0.449 e. The molecule has 3 heteroatoms. The van der Waals surface area contributed by atoms with Gasteiger partial charge >= 0.3 is 6.09 Å². The van der Waals surface area contributed by atoms with Crippen LogP contribution in [0.15, 0.2) is 12.2 Å². The van der Waals surface area contributed by atoms with Crippen molar-refractivity contribution in [3.8, 4) is 0 Å². The van der Waals surface area contributed by atoms with E-state index in [0.29, 0.717) is 19.7 Å². The normalized spacial score (nSPS) is 14.6. The van der Waals surface area contributed by atoms with Crippen LogP contribution in [0.5, 0.6) is 0 Å². The van der Waals surface area contributed by atoms with E-state index in [1.165, 1.54) is 25.7 Å². The van der Waals surface area contributed by atoms with Crippen LogP contribution in [0.1, 0.15) is 39.0 Å². The highest BCUT2D eigenvalue weighted by atomic mass is 16.6. The average Bonchev–Trinajstić information content (AvgIpc) is 2.76. The van der Waals surface area contributed by atoms with Gasteiger partial charge in [0.05, 0.1) is 6.61 Å². The third kappa shape index (κ3) is 4.86. The van der Waals surface area contributed by atoms with Crippen LogP contribution >= 0.6 is 0 Å². The average molecular weight is 211 g/mol. The quantitative estimate of drug-likeness (QED) is 0.499. The summed E-state index contributed by atoms with van der Waals surface area (Å²) < 4.78 is 5.15. The Morgan fingerprint density at radius 2 is 1.87 bits per heavy atom. The Kier molecular flexibility index (Phi) is 5.90. The van der Waals surface area contributed by atoms with Gasteiger partial charge in [-0.25, -0.2) is 4.79 Å². The third-order valence-corrected chi connectivity index (χ3v) is 2.55. The highest BCUT2D eigenvalue weighted by molar-refractivity contribution is 5.68. The third-order valence-electron chi connectivity index (χ3n) is 2.55. The topological polar surface area (TPSA) is 29.5 Å². The molecule has 0 fully saturated rings. The molecule has 0 aromatic carbocycles. The summed E-state index contributed by atoms with van der Waals surface area (Å²) in [4.78, 5) is 13.1. The molecule has 0 aromatic rings. The Labute approximate surface area is 92.1 Å². The smallest absolute Gasteiger partial charge is 0.410 e. The lowest BCUT2D eigenvalue weighted by Gasteiger charge is -2.14. The first-order valence-corrected chi connectivity index (χ1v) is 5.91. The van der Waals surface area contributed by atoms with Crippen molar-refractivity contribution in [1.82, 2.24) is 4.90 Å². The Hall–Kier alpha value is -0.990. The number of nitrogens with zero attached hydrogens (tertiary/aromatic N) is 1. The fourth-order valence-electron chi connectivity index (χ4n) is 1.58. The van der Waals surface area contributed by atoms with Gasteiger partial charge in [-0.1, -0.05) is 44.8 Å². The molecule has 0 saturated carbocycles. The van der Waals surface area contributed by atoms with Gasteiger partial charge in [-0.15, -0.1) is 0 Å². The molecule has 0 aliphatic carbocycles. The van der Waals surface area contributed by atoms with Crippen molar-refractivity contribution in [3.05, 3.63) is 12.2 Å². The van der Waals surface area contributed by atoms with Crippen LogP contribution in [0.4, 0.5) is 4.79 Å². The van der Waals surface area contributed by atoms with Gasteiger partial charge in [0.2, 0.25) is 0 Å². The van der Waals surface area contributed by atoms with E-state index in [1.807, 2.05) is 12.2 Å². The van der Waals surface area contributed by atoms with Crippen molar-refractivity contribution in [2.45, 2.75) is 39.0 Å². The molecule has 0 atom stereocenters. The van der Waals surface area contributed by atoms with Crippen LogP contribution in [-0.2, 0) is 4.74 Å². The Morgan fingerprint density at radius 1 is 1.20 bits per heavy atom. The Bertz CT molecular complexity index is 206. The molecule has 0 spiro atoms. The zero-order chi connectivity index (χ0) is 10.9. The summed E-state index contributed by atoms with van der Waals surface area (Å²) in [5.74, 6) is 0. The first-order valence-electron chi connectivity index (χ1n) is 5.91. The van der Waals surface area contributed by atoms with Gasteiger partial charge in [0.1, 0.15) is 0 Å². The number of hydrogen-bond acceptors (Lipinski definition) is 2. The first kappa shape index (κ1) is 12.1. The maximum absolute atomic E-state index is 11.4. The lowest BCUT2D eigenvalue weighted by atomic mass is 10.2. The van der Waals surface area contributed by atoms with Crippen LogP contribution in [0.3, 0.4) is 0 Å². The van der Waals surface area contributed by atoms with Gasteiger partial charge < -0.3 is 9.64 Å². The summed E-state index contributed by atoms with van der Waals surface area (Å²) in [6.07, 6.45) is 9.75. The molecule has 1 heterocycles. The van der Waals surface area contributed by atoms with E-state index in [1.54, 1.807) is 4.90 Å². The minimum Gasteiger partial charge on any atom is -0.449 e. The number of rotatable bonds is 6. The van der Waals surface area contributed by atoms with Gasteiger partial charge in [-0.2, -0.15) is 0 Å². The summed E-state index contributed by atoms with van der Waals surface area (Å²) in [6, 6.07) is 0. The number of carbonyl (C=O) groups is 1. The molecule has 1 amide bonds. The maximum atomic E-state index is 11.4. The van der Waals surface area contributed by atoms with E-state index in [2.05, 4.69) is 6.92 Å². The summed E-state index contributed by atoms with van der Waals surface area (Å²) in [6.45, 7) is 4.17. The second-order valence-corrected chi connectivity index (χ2v) is 3.90. The monoisotopic (exact) mass is 211 g/mol. The van der Waals surface area contributed by atoms with E-state index in [4.69, 9.17) is 4.74 Å². The van der Waals surface area contributed by atoms with Gasteiger partial charge in [0.15, 0.2) is 0 Å². The molecule has 15 heavy (non-hydrogen) atoms. The van der Waals surface area contributed by atoms with Gasteiger partial charge in [0, 0.05) is 13.1 Å². The lowest BCUT2D eigenvalue weighted by Crippen LogP contribution is -2.29. The molecule has 3 nitrogen and oxygen atoms in total. The summed E-state index contributed by atoms with van der Waals surface area (Å²) in [5.41, 5.74) is 0. The molecule has 86 valence electrons. The highest BCUT2D eigenvalue weighted by Gasteiger charge is 2.14. The predicted molar refractivity (Wildman–Crippen MR) is 60.8 cm³/mol. The molecule has 0 saturated heterocycles. The second-order valence-electron chi connectivity index (χ2n) is 3.90. The van der Waals surface area contributed by atoms with E-state index in [-0.39, 0.29) is 6.09 Å². The molecule has 0 N–H and O–H groups in total. The highest BCUT2D eigenvalue weighted by Crippen LogP contribution is 2.05. The van der Waals surface area contributed by atoms with E-state index in [9.17, 15) is 4.79 Å². The van der Waals surface area contributed by atoms with E-state index >= 15 is 0 Å². The van der Waals surface area contributed by atoms with Crippen molar-refractivity contribution in [3.63, 3.8) is 0 Å². The van der Waals surface area contributed by atoms with Gasteiger partial charge in [-0.3, -0.25) is 0 Å². The van der Waals surface area contributed by atoms with Crippen LogP contribution in [0.2, 0.25) is 0 Å². The van der Waals surface area contributed by atoms with Crippen LogP contribution in [-0.4, -0.2) is 30.7 Å². The molecule has 0 aromatic heterocycles. The minimum absolute atomic E-state index is 0.171. The minimum atomic E-state index is -0.171. The molecule has 0 radical (unpaired) electrons. The van der Waals surface area contributed by atoms with Crippen LogP contribution in [0.25, 0.3) is 0 Å². The van der Waals surface area contributed by atoms with Crippen molar-refractivity contribution < 1.29 is 9.53 Å². The first-order chi connectivity index (χ1) is 7.34. The number of amides is 1. The number of unbranched alkanes of at least 4 members (excludes halogenated alkanes) is 4. The van der Waals surface area contributed by atoms with E-state index in [0.717, 1.165) is 6.42 Å². The van der Waals surface area contributed by atoms with Crippen molar-refractivity contribution in [2.75, 3.05) is 19.7 Å². The summed E-state index contributed by atoms with van der Waals surface area (Å²) in [7, 11) is 0. The fraction of sp³-hybridized carbons (Fsp3) is 0.750. The zero-order valence-corrected chi connectivity index (χ0v) is 9.58. The van der Waals surface area contributed by atoms with Crippen LogP contribution < -0.4 is 0 Å². The number of hydrogen-bond donors (Lipinski definition) is 0. The van der Waals surface area contributed by atoms with Crippen molar-refractivity contribution in [2.24, 2.45) is 0 Å². The molecule has 1 aliphatic rings. The van der Waals surface area contributed by atoms with Gasteiger partial charge in [-0.05, 0) is 6.42 Å². The van der Waals surface area contributed by atoms with Crippen molar-refractivity contribution in [1.29, 1.82) is 0 Å². The molecular weight excluding hydrogens is 190 g/mol. The standard InChI is InChI=1S/C12H21NO2/c1-2-3-4-5-8-11-15-12(14)13-9-6-7-10-13/h6-7H,2-5,8-11H2,1H3. The number of carbonyl (C=O) groups excluding carboxylic acids is 1. The molecular formula is C12H21NO2. The summed E-state index contributed by atoms with van der Waals surface area (Å²) >= 11 is 0. The molecule has 1 rings (SSSR count). The SMILES string of the molecule is CCCCCCCOC(=O)N1CC=CC1. The fourth-order valence-corrected chi connectivity index (χ4v) is 1.58. The number of ether oxygens (including phenoxy) is 1. The summed E-state index contributed by atoms with van der Waals surface area (Å²) in [5, 5.41) is 0.